The third-order valence-corrected chi connectivity index (χ3v) is 3.93. The molecule has 0 radical (unpaired) electrons. The maximum atomic E-state index is 12.3. The summed E-state index contributed by atoms with van der Waals surface area (Å²) in [7, 11) is 1.69. The first-order valence-electron chi connectivity index (χ1n) is 7.74. The number of ketones is 1. The minimum Gasteiger partial charge on any atom is -0.454 e. The van der Waals surface area contributed by atoms with Crippen molar-refractivity contribution in [1.29, 1.82) is 0 Å². The van der Waals surface area contributed by atoms with Crippen molar-refractivity contribution in [2.75, 3.05) is 20.4 Å². The average Bonchev–Trinajstić information content (AvgIpc) is 2.99. The van der Waals surface area contributed by atoms with Crippen LogP contribution in [0.1, 0.15) is 43.5 Å². The van der Waals surface area contributed by atoms with Gasteiger partial charge in [0.25, 0.3) is 0 Å². The molecule has 0 aromatic heterocycles. The number of benzene rings is 1. The number of carbonyl (C=O) groups is 2. The molecule has 2 rings (SSSR count). The molecule has 0 bridgehead atoms. The van der Waals surface area contributed by atoms with Gasteiger partial charge in [-0.15, -0.1) is 0 Å². The number of Topliss-reactive ketones (excluding diaryl/α,β-unsaturated/α-hetero) is 1. The molecule has 1 aliphatic heterocycles. The van der Waals surface area contributed by atoms with Gasteiger partial charge in [0.15, 0.2) is 17.3 Å². The number of nitrogens with zero attached hydrogens (tertiary/aromatic N) is 1. The summed E-state index contributed by atoms with van der Waals surface area (Å²) in [5, 5.41) is 0. The Morgan fingerprint density at radius 1 is 1.23 bits per heavy atom. The Balaban J connectivity index is 2.00. The molecule has 1 aromatic carbocycles. The van der Waals surface area contributed by atoms with E-state index in [-0.39, 0.29) is 30.9 Å². The number of carbonyl (C=O) groups excluding carboxylic acids is 2. The number of likely N-dealkylation sites (N-methyl/N-ethyl adjacent to an activating group) is 1. The van der Waals surface area contributed by atoms with Gasteiger partial charge < -0.3 is 14.4 Å². The first-order chi connectivity index (χ1) is 10.6. The van der Waals surface area contributed by atoms with Crippen LogP contribution in [-0.2, 0) is 4.79 Å². The van der Waals surface area contributed by atoms with E-state index in [0.717, 1.165) is 19.3 Å². The molecular weight excluding hydrogens is 282 g/mol. The third kappa shape index (κ3) is 3.59. The lowest BCUT2D eigenvalue weighted by Gasteiger charge is -2.22. The monoisotopic (exact) mass is 305 g/mol. The van der Waals surface area contributed by atoms with Crippen LogP contribution in [0.5, 0.6) is 11.5 Å². The van der Waals surface area contributed by atoms with E-state index in [2.05, 4.69) is 6.92 Å². The molecule has 1 amide bonds. The molecule has 0 saturated carbocycles. The topological polar surface area (TPSA) is 55.8 Å². The zero-order valence-electron chi connectivity index (χ0n) is 13.4. The Bertz CT molecular complexity index is 556. The second kappa shape index (κ2) is 7.29. The molecule has 120 valence electrons. The van der Waals surface area contributed by atoms with Crippen LogP contribution in [0.3, 0.4) is 0 Å². The molecule has 1 atom stereocenters. The van der Waals surface area contributed by atoms with E-state index in [4.69, 9.17) is 9.47 Å². The summed E-state index contributed by atoms with van der Waals surface area (Å²) in [6.07, 6.45) is 2.63. The molecule has 0 aliphatic carbocycles. The normalized spacial score (nSPS) is 13.8. The van der Waals surface area contributed by atoms with Crippen LogP contribution in [0.25, 0.3) is 0 Å². The number of ether oxygens (including phenoxy) is 2. The van der Waals surface area contributed by atoms with Crippen LogP contribution in [-0.4, -0.2) is 37.0 Å². The van der Waals surface area contributed by atoms with Crippen LogP contribution in [0.2, 0.25) is 0 Å². The first-order valence-corrected chi connectivity index (χ1v) is 7.74. The summed E-state index contributed by atoms with van der Waals surface area (Å²) in [4.78, 5) is 26.2. The summed E-state index contributed by atoms with van der Waals surface area (Å²) in [5.41, 5.74) is 0.535. The molecule has 1 unspecified atom stereocenters. The van der Waals surface area contributed by atoms with E-state index in [1.165, 1.54) is 4.90 Å². The van der Waals surface area contributed by atoms with Crippen LogP contribution in [0.4, 0.5) is 0 Å². The van der Waals surface area contributed by atoms with Gasteiger partial charge in [-0.05, 0) is 31.0 Å². The molecular formula is C17H23NO4. The van der Waals surface area contributed by atoms with E-state index in [1.54, 1.807) is 25.2 Å². The van der Waals surface area contributed by atoms with Gasteiger partial charge in [0.1, 0.15) is 0 Å². The summed E-state index contributed by atoms with van der Waals surface area (Å²) >= 11 is 0. The highest BCUT2D eigenvalue weighted by molar-refractivity contribution is 6.00. The number of hydrogen-bond acceptors (Lipinski definition) is 4. The van der Waals surface area contributed by atoms with Gasteiger partial charge in [-0.3, -0.25) is 9.59 Å². The molecule has 0 spiro atoms. The fourth-order valence-corrected chi connectivity index (χ4v) is 2.62. The van der Waals surface area contributed by atoms with Crippen LogP contribution >= 0.6 is 0 Å². The molecule has 1 aromatic rings. The molecule has 0 fully saturated rings. The molecule has 1 heterocycles. The van der Waals surface area contributed by atoms with E-state index >= 15 is 0 Å². The Morgan fingerprint density at radius 3 is 2.64 bits per heavy atom. The quantitative estimate of drug-likeness (QED) is 0.727. The van der Waals surface area contributed by atoms with Gasteiger partial charge in [-0.1, -0.05) is 20.3 Å². The van der Waals surface area contributed by atoms with Crippen molar-refractivity contribution in [2.45, 2.75) is 33.1 Å². The standard InChI is InChI=1S/C17H23NO4/c1-4-6-12(5-2)17(20)18(3)10-14(19)13-7-8-15-16(9-13)22-11-21-15/h7-9,12H,4-6,10-11H2,1-3H3. The van der Waals surface area contributed by atoms with E-state index < -0.39 is 0 Å². The molecule has 5 nitrogen and oxygen atoms in total. The second-order valence-corrected chi connectivity index (χ2v) is 5.58. The smallest absolute Gasteiger partial charge is 0.231 e. The Morgan fingerprint density at radius 2 is 1.95 bits per heavy atom. The fourth-order valence-electron chi connectivity index (χ4n) is 2.62. The maximum Gasteiger partial charge on any atom is 0.231 e. The van der Waals surface area contributed by atoms with Gasteiger partial charge in [0, 0.05) is 18.5 Å². The maximum absolute atomic E-state index is 12.3. The van der Waals surface area contributed by atoms with Gasteiger partial charge in [-0.2, -0.15) is 0 Å². The minimum atomic E-state index is -0.0968. The summed E-state index contributed by atoms with van der Waals surface area (Å²) in [5.74, 6) is 1.17. The van der Waals surface area contributed by atoms with Crippen molar-refractivity contribution in [1.82, 2.24) is 4.90 Å². The second-order valence-electron chi connectivity index (χ2n) is 5.58. The fraction of sp³-hybridized carbons (Fsp3) is 0.529. The molecule has 0 N–H and O–H groups in total. The molecule has 5 heteroatoms. The lowest BCUT2D eigenvalue weighted by Crippen LogP contribution is -2.36. The van der Waals surface area contributed by atoms with Crippen molar-refractivity contribution in [3.63, 3.8) is 0 Å². The van der Waals surface area contributed by atoms with Crippen molar-refractivity contribution in [3.05, 3.63) is 23.8 Å². The summed E-state index contributed by atoms with van der Waals surface area (Å²) < 4.78 is 10.5. The van der Waals surface area contributed by atoms with Gasteiger partial charge in [-0.25, -0.2) is 0 Å². The highest BCUT2D eigenvalue weighted by Gasteiger charge is 2.22. The van der Waals surface area contributed by atoms with Crippen LogP contribution < -0.4 is 9.47 Å². The van der Waals surface area contributed by atoms with Crippen LogP contribution in [0.15, 0.2) is 18.2 Å². The lowest BCUT2D eigenvalue weighted by atomic mass is 9.99. The Labute approximate surface area is 131 Å². The van der Waals surface area contributed by atoms with Gasteiger partial charge in [0.05, 0.1) is 6.54 Å². The van der Waals surface area contributed by atoms with E-state index in [9.17, 15) is 9.59 Å². The SMILES string of the molecule is CCCC(CC)C(=O)N(C)CC(=O)c1ccc2c(c1)OCO2. The molecule has 0 saturated heterocycles. The van der Waals surface area contributed by atoms with Crippen LogP contribution in [0, 0.1) is 5.92 Å². The predicted octanol–water partition coefficient (Wildman–Crippen LogP) is 2.88. The number of fused-ring (bicyclic) bond motifs is 1. The third-order valence-electron chi connectivity index (χ3n) is 3.93. The van der Waals surface area contributed by atoms with Crippen molar-refractivity contribution < 1.29 is 19.1 Å². The molecule has 1 aliphatic rings. The first kappa shape index (κ1) is 16.3. The minimum absolute atomic E-state index is 0.000413. The number of amides is 1. The zero-order chi connectivity index (χ0) is 16.1. The highest BCUT2D eigenvalue weighted by Crippen LogP contribution is 2.32. The van der Waals surface area contributed by atoms with Crippen molar-refractivity contribution >= 4 is 11.7 Å². The summed E-state index contributed by atoms with van der Waals surface area (Å²) in [6.45, 7) is 4.33. The van der Waals surface area contributed by atoms with Gasteiger partial charge in [0.2, 0.25) is 12.7 Å². The van der Waals surface area contributed by atoms with Crippen molar-refractivity contribution in [2.24, 2.45) is 5.92 Å². The number of hydrogen-bond donors (Lipinski definition) is 0. The molecule has 22 heavy (non-hydrogen) atoms. The number of rotatable bonds is 7. The zero-order valence-corrected chi connectivity index (χ0v) is 13.4. The Hall–Kier alpha value is -2.04. The average molecular weight is 305 g/mol. The van der Waals surface area contributed by atoms with Crippen molar-refractivity contribution in [3.8, 4) is 11.5 Å². The summed E-state index contributed by atoms with van der Waals surface area (Å²) in [6, 6.07) is 5.10. The Kier molecular flexibility index (Phi) is 5.41. The largest absolute Gasteiger partial charge is 0.454 e. The predicted molar refractivity (Wildman–Crippen MR) is 83.2 cm³/mol. The van der Waals surface area contributed by atoms with E-state index in [0.29, 0.717) is 17.1 Å². The highest BCUT2D eigenvalue weighted by atomic mass is 16.7. The van der Waals surface area contributed by atoms with E-state index in [1.807, 2.05) is 6.92 Å². The van der Waals surface area contributed by atoms with Gasteiger partial charge >= 0.3 is 0 Å². The lowest BCUT2D eigenvalue weighted by molar-refractivity contribution is -0.134.